The van der Waals surface area contributed by atoms with Crippen LogP contribution in [-0.2, 0) is 0 Å². The van der Waals surface area contributed by atoms with Crippen molar-refractivity contribution in [1.82, 2.24) is 9.61 Å². The number of aryl methyl sites for hydroxylation is 2. The fourth-order valence-corrected chi connectivity index (χ4v) is 1.34. The molecule has 2 nitrogen and oxygen atoms in total. The van der Waals surface area contributed by atoms with Crippen molar-refractivity contribution in [2.24, 2.45) is 0 Å². The van der Waals surface area contributed by atoms with Crippen molar-refractivity contribution < 1.29 is 4.39 Å². The molecule has 0 saturated carbocycles. The zero-order valence-corrected chi connectivity index (χ0v) is 7.00. The standard InChI is InChI=1S/C9H9FN2/c1-6-3-8(10)9-7(2)4-11-12(9)5-6/h3-5H,1-2H3. The zero-order chi connectivity index (χ0) is 8.72. The third kappa shape index (κ3) is 0.897. The van der Waals surface area contributed by atoms with E-state index in [1.807, 2.05) is 20.0 Å². The van der Waals surface area contributed by atoms with Gasteiger partial charge < -0.3 is 0 Å². The van der Waals surface area contributed by atoms with Gasteiger partial charge in [0.1, 0.15) is 11.3 Å². The molecular formula is C9H9FN2. The number of aromatic nitrogens is 2. The molecule has 62 valence electrons. The van der Waals surface area contributed by atoms with E-state index in [2.05, 4.69) is 5.10 Å². The minimum absolute atomic E-state index is 0.204. The summed E-state index contributed by atoms with van der Waals surface area (Å²) in [5.74, 6) is -0.204. The summed E-state index contributed by atoms with van der Waals surface area (Å²) >= 11 is 0. The third-order valence-corrected chi connectivity index (χ3v) is 1.88. The summed E-state index contributed by atoms with van der Waals surface area (Å²) in [6.45, 7) is 3.69. The van der Waals surface area contributed by atoms with E-state index in [9.17, 15) is 4.39 Å². The predicted octanol–water partition coefficient (Wildman–Crippen LogP) is 2.09. The number of hydrogen-bond acceptors (Lipinski definition) is 1. The normalized spacial score (nSPS) is 10.9. The molecule has 0 atom stereocenters. The van der Waals surface area contributed by atoms with Gasteiger partial charge in [0, 0.05) is 6.20 Å². The van der Waals surface area contributed by atoms with Crippen LogP contribution in [0.25, 0.3) is 5.52 Å². The second kappa shape index (κ2) is 2.30. The van der Waals surface area contributed by atoms with Crippen molar-refractivity contribution in [3.05, 3.63) is 35.4 Å². The van der Waals surface area contributed by atoms with E-state index < -0.39 is 0 Å². The van der Waals surface area contributed by atoms with Gasteiger partial charge in [-0.3, -0.25) is 0 Å². The van der Waals surface area contributed by atoms with Crippen LogP contribution >= 0.6 is 0 Å². The Balaban J connectivity index is 2.93. The van der Waals surface area contributed by atoms with Crippen molar-refractivity contribution in [2.75, 3.05) is 0 Å². The van der Waals surface area contributed by atoms with Gasteiger partial charge in [-0.15, -0.1) is 0 Å². The Hall–Kier alpha value is -1.38. The molecule has 0 N–H and O–H groups in total. The van der Waals surface area contributed by atoms with E-state index in [0.29, 0.717) is 5.52 Å². The van der Waals surface area contributed by atoms with E-state index in [-0.39, 0.29) is 5.82 Å². The molecule has 3 heteroatoms. The molecule has 2 aromatic rings. The Labute approximate surface area is 69.6 Å². The van der Waals surface area contributed by atoms with Gasteiger partial charge in [-0.2, -0.15) is 5.10 Å². The highest BCUT2D eigenvalue weighted by atomic mass is 19.1. The van der Waals surface area contributed by atoms with Crippen LogP contribution in [0.15, 0.2) is 18.5 Å². The highest BCUT2D eigenvalue weighted by molar-refractivity contribution is 5.54. The summed E-state index contributed by atoms with van der Waals surface area (Å²) in [6, 6.07) is 1.52. The van der Waals surface area contributed by atoms with Crippen molar-refractivity contribution in [2.45, 2.75) is 13.8 Å². The molecule has 12 heavy (non-hydrogen) atoms. The molecule has 2 aromatic heterocycles. The van der Waals surface area contributed by atoms with E-state index in [4.69, 9.17) is 0 Å². The lowest BCUT2D eigenvalue weighted by Gasteiger charge is -1.97. The van der Waals surface area contributed by atoms with Crippen LogP contribution in [0.5, 0.6) is 0 Å². The van der Waals surface area contributed by atoms with E-state index in [1.54, 1.807) is 10.7 Å². The van der Waals surface area contributed by atoms with Crippen molar-refractivity contribution in [1.29, 1.82) is 0 Å². The molecule has 0 bridgehead atoms. The number of rotatable bonds is 0. The quantitative estimate of drug-likeness (QED) is 0.582. The fourth-order valence-electron chi connectivity index (χ4n) is 1.34. The Kier molecular flexibility index (Phi) is 1.40. The molecule has 0 amide bonds. The number of fused-ring (bicyclic) bond motifs is 1. The van der Waals surface area contributed by atoms with Crippen LogP contribution in [0.3, 0.4) is 0 Å². The minimum Gasteiger partial charge on any atom is -0.237 e. The lowest BCUT2D eigenvalue weighted by Crippen LogP contribution is -1.91. The van der Waals surface area contributed by atoms with Gasteiger partial charge in [-0.05, 0) is 31.0 Å². The highest BCUT2D eigenvalue weighted by Crippen LogP contribution is 2.14. The molecule has 0 aliphatic rings. The first kappa shape index (κ1) is 7.28. The first-order valence-corrected chi connectivity index (χ1v) is 3.78. The molecule has 0 aliphatic heterocycles. The van der Waals surface area contributed by atoms with Crippen LogP contribution in [0.1, 0.15) is 11.1 Å². The Bertz CT molecular complexity index is 431. The number of pyridine rings is 1. The summed E-state index contributed by atoms with van der Waals surface area (Å²) in [4.78, 5) is 0. The van der Waals surface area contributed by atoms with Gasteiger partial charge in [0.2, 0.25) is 0 Å². The summed E-state index contributed by atoms with van der Waals surface area (Å²) in [5, 5.41) is 4.02. The summed E-state index contributed by atoms with van der Waals surface area (Å²) in [6.07, 6.45) is 3.48. The molecule has 0 radical (unpaired) electrons. The maximum atomic E-state index is 13.3. The largest absolute Gasteiger partial charge is 0.237 e. The molecule has 0 aromatic carbocycles. The van der Waals surface area contributed by atoms with Crippen molar-refractivity contribution >= 4 is 5.52 Å². The fraction of sp³-hybridized carbons (Fsp3) is 0.222. The number of hydrogen-bond donors (Lipinski definition) is 0. The van der Waals surface area contributed by atoms with Gasteiger partial charge >= 0.3 is 0 Å². The topological polar surface area (TPSA) is 17.3 Å². The van der Waals surface area contributed by atoms with Crippen LogP contribution in [0.2, 0.25) is 0 Å². The monoisotopic (exact) mass is 164 g/mol. The predicted molar refractivity (Wildman–Crippen MR) is 44.6 cm³/mol. The second-order valence-electron chi connectivity index (χ2n) is 2.99. The lowest BCUT2D eigenvalue weighted by atomic mass is 10.2. The first-order valence-electron chi connectivity index (χ1n) is 3.78. The van der Waals surface area contributed by atoms with Gasteiger partial charge in [0.25, 0.3) is 0 Å². The van der Waals surface area contributed by atoms with Gasteiger partial charge in [-0.25, -0.2) is 8.91 Å². The van der Waals surface area contributed by atoms with Crippen LogP contribution in [0.4, 0.5) is 4.39 Å². The van der Waals surface area contributed by atoms with Crippen LogP contribution in [-0.4, -0.2) is 9.61 Å². The number of nitrogens with zero attached hydrogens (tertiary/aromatic N) is 2. The van der Waals surface area contributed by atoms with Gasteiger partial charge in [-0.1, -0.05) is 0 Å². The van der Waals surface area contributed by atoms with E-state index in [1.165, 1.54) is 6.07 Å². The average Bonchev–Trinajstić information content (AvgIpc) is 2.31. The zero-order valence-electron chi connectivity index (χ0n) is 7.00. The maximum absolute atomic E-state index is 13.3. The molecule has 0 saturated heterocycles. The van der Waals surface area contributed by atoms with E-state index in [0.717, 1.165) is 11.1 Å². The molecule has 2 rings (SSSR count). The summed E-state index contributed by atoms with van der Waals surface area (Å²) in [5.41, 5.74) is 2.32. The maximum Gasteiger partial charge on any atom is 0.149 e. The lowest BCUT2D eigenvalue weighted by molar-refractivity contribution is 0.628. The second-order valence-corrected chi connectivity index (χ2v) is 2.99. The Morgan fingerprint density at radius 1 is 1.42 bits per heavy atom. The minimum atomic E-state index is -0.204. The summed E-state index contributed by atoms with van der Waals surface area (Å²) < 4.78 is 14.8. The number of halogens is 1. The first-order chi connectivity index (χ1) is 5.68. The molecular weight excluding hydrogens is 155 g/mol. The van der Waals surface area contributed by atoms with Crippen molar-refractivity contribution in [3.8, 4) is 0 Å². The molecule has 0 aliphatic carbocycles. The average molecular weight is 164 g/mol. The van der Waals surface area contributed by atoms with Gasteiger partial charge in [0.05, 0.1) is 6.20 Å². The highest BCUT2D eigenvalue weighted by Gasteiger charge is 2.05. The third-order valence-electron chi connectivity index (χ3n) is 1.88. The smallest absolute Gasteiger partial charge is 0.149 e. The molecule has 0 fully saturated rings. The molecule has 2 heterocycles. The van der Waals surface area contributed by atoms with Crippen LogP contribution < -0.4 is 0 Å². The van der Waals surface area contributed by atoms with E-state index >= 15 is 0 Å². The van der Waals surface area contributed by atoms with Gasteiger partial charge in [0.15, 0.2) is 0 Å². The molecule has 0 unspecified atom stereocenters. The van der Waals surface area contributed by atoms with Crippen molar-refractivity contribution in [3.63, 3.8) is 0 Å². The Morgan fingerprint density at radius 3 is 2.92 bits per heavy atom. The molecule has 0 spiro atoms. The summed E-state index contributed by atoms with van der Waals surface area (Å²) in [7, 11) is 0. The van der Waals surface area contributed by atoms with Crippen LogP contribution in [0, 0.1) is 19.7 Å². The Morgan fingerprint density at radius 2 is 2.17 bits per heavy atom. The SMILES string of the molecule is Cc1cc(F)c2c(C)cnn2c1.